The molecule has 0 aliphatic heterocycles. The summed E-state index contributed by atoms with van der Waals surface area (Å²) >= 11 is 4.66. The number of thioether (sulfide) groups is 2. The number of benzene rings is 1. The smallest absolute Gasteiger partial charge is 0.236 e. The number of amides is 1. The molecular formula is C15H19N3OS3. The third-order valence-corrected chi connectivity index (χ3v) is 5.81. The summed E-state index contributed by atoms with van der Waals surface area (Å²) in [5.41, 5.74) is 1.25. The number of nitrogens with one attached hydrogen (secondary N) is 1. The highest BCUT2D eigenvalue weighted by molar-refractivity contribution is 8.01. The Hall–Kier alpha value is -1.05. The number of carbonyl (C=O) groups is 1. The highest BCUT2D eigenvalue weighted by Crippen LogP contribution is 2.28. The highest BCUT2D eigenvalue weighted by Gasteiger charge is 2.14. The van der Waals surface area contributed by atoms with Crippen LogP contribution in [0.1, 0.15) is 26.3 Å². The third-order valence-electron chi connectivity index (χ3n) is 2.49. The van der Waals surface area contributed by atoms with E-state index in [4.69, 9.17) is 0 Å². The molecule has 2 rings (SSSR count). The van der Waals surface area contributed by atoms with Crippen molar-refractivity contribution in [2.45, 2.75) is 35.6 Å². The minimum absolute atomic E-state index is 0.0318. The first-order chi connectivity index (χ1) is 10.4. The van der Waals surface area contributed by atoms with Gasteiger partial charge < -0.3 is 0 Å². The van der Waals surface area contributed by atoms with Gasteiger partial charge in [-0.3, -0.25) is 10.1 Å². The molecule has 1 N–H and O–H groups in total. The van der Waals surface area contributed by atoms with Gasteiger partial charge in [-0.25, -0.2) is 0 Å². The first-order valence-corrected chi connectivity index (χ1v) is 9.65. The molecule has 0 saturated carbocycles. The van der Waals surface area contributed by atoms with E-state index >= 15 is 0 Å². The van der Waals surface area contributed by atoms with Crippen LogP contribution < -0.4 is 5.32 Å². The Labute approximate surface area is 143 Å². The van der Waals surface area contributed by atoms with Crippen LogP contribution in [0.4, 0.5) is 5.13 Å². The molecule has 1 heterocycles. The van der Waals surface area contributed by atoms with Crippen LogP contribution in [-0.2, 0) is 10.5 Å². The minimum atomic E-state index is -0.0318. The van der Waals surface area contributed by atoms with Gasteiger partial charge in [-0.15, -0.1) is 22.0 Å². The second-order valence-corrected chi connectivity index (χ2v) is 9.60. The van der Waals surface area contributed by atoms with Crippen LogP contribution in [0.5, 0.6) is 0 Å². The topological polar surface area (TPSA) is 54.9 Å². The summed E-state index contributed by atoms with van der Waals surface area (Å²) in [7, 11) is 0. The van der Waals surface area contributed by atoms with E-state index in [0.29, 0.717) is 10.9 Å². The Morgan fingerprint density at radius 1 is 1.23 bits per heavy atom. The van der Waals surface area contributed by atoms with Crippen LogP contribution in [0.2, 0.25) is 0 Å². The van der Waals surface area contributed by atoms with Crippen molar-refractivity contribution in [2.75, 3.05) is 11.1 Å². The lowest BCUT2D eigenvalue weighted by Gasteiger charge is -2.16. The zero-order valence-corrected chi connectivity index (χ0v) is 15.3. The lowest BCUT2D eigenvalue weighted by Crippen LogP contribution is -2.18. The van der Waals surface area contributed by atoms with Gasteiger partial charge in [-0.1, -0.05) is 74.2 Å². The number of carbonyl (C=O) groups excluding carboxylic acids is 1. The number of hydrogen-bond acceptors (Lipinski definition) is 6. The monoisotopic (exact) mass is 353 g/mol. The molecule has 4 nitrogen and oxygen atoms in total. The van der Waals surface area contributed by atoms with Crippen molar-refractivity contribution in [2.24, 2.45) is 0 Å². The Bertz CT molecular complexity index is 608. The van der Waals surface area contributed by atoms with Crippen molar-refractivity contribution < 1.29 is 4.79 Å². The molecule has 118 valence electrons. The lowest BCUT2D eigenvalue weighted by atomic mass is 10.2. The van der Waals surface area contributed by atoms with Crippen molar-refractivity contribution >= 4 is 45.9 Å². The molecule has 22 heavy (non-hydrogen) atoms. The largest absolute Gasteiger partial charge is 0.300 e. The van der Waals surface area contributed by atoms with Crippen LogP contribution in [-0.4, -0.2) is 26.6 Å². The normalized spacial score (nSPS) is 11.4. The zero-order chi connectivity index (χ0) is 16.0. The summed E-state index contributed by atoms with van der Waals surface area (Å²) in [4.78, 5) is 11.8. The van der Waals surface area contributed by atoms with Crippen LogP contribution in [0.3, 0.4) is 0 Å². The predicted molar refractivity (Wildman–Crippen MR) is 96.8 cm³/mol. The van der Waals surface area contributed by atoms with Crippen LogP contribution in [0.25, 0.3) is 0 Å². The fourth-order valence-corrected chi connectivity index (χ4v) is 3.84. The van der Waals surface area contributed by atoms with Crippen molar-refractivity contribution in [1.29, 1.82) is 0 Å². The molecule has 0 bridgehead atoms. The molecule has 0 saturated heterocycles. The van der Waals surface area contributed by atoms with E-state index in [0.717, 1.165) is 10.1 Å². The second kappa shape index (κ2) is 7.99. The van der Waals surface area contributed by atoms with E-state index < -0.39 is 0 Å². The molecule has 0 radical (unpaired) electrons. The molecular weight excluding hydrogens is 334 g/mol. The third kappa shape index (κ3) is 6.37. The number of hydrogen-bond donors (Lipinski definition) is 1. The van der Waals surface area contributed by atoms with Gasteiger partial charge in [-0.05, 0) is 5.56 Å². The maximum Gasteiger partial charge on any atom is 0.236 e. The number of anilines is 1. The van der Waals surface area contributed by atoms with Gasteiger partial charge in [0.25, 0.3) is 0 Å². The van der Waals surface area contributed by atoms with E-state index in [1.54, 1.807) is 23.5 Å². The Morgan fingerprint density at radius 3 is 2.64 bits per heavy atom. The summed E-state index contributed by atoms with van der Waals surface area (Å²) in [6.07, 6.45) is 0. The van der Waals surface area contributed by atoms with E-state index in [1.165, 1.54) is 16.9 Å². The Kier molecular flexibility index (Phi) is 6.28. The van der Waals surface area contributed by atoms with Crippen LogP contribution in [0, 0.1) is 0 Å². The maximum atomic E-state index is 11.8. The maximum absolute atomic E-state index is 11.8. The molecule has 7 heteroatoms. The summed E-state index contributed by atoms with van der Waals surface area (Å²) in [6, 6.07) is 10.2. The quantitative estimate of drug-likeness (QED) is 0.620. The fraction of sp³-hybridized carbons (Fsp3) is 0.400. The van der Waals surface area contributed by atoms with E-state index in [-0.39, 0.29) is 10.7 Å². The van der Waals surface area contributed by atoms with Crippen molar-refractivity contribution in [3.05, 3.63) is 35.9 Å². The average Bonchev–Trinajstić information content (AvgIpc) is 2.91. The first-order valence-electron chi connectivity index (χ1n) is 6.86. The van der Waals surface area contributed by atoms with Crippen molar-refractivity contribution in [3.63, 3.8) is 0 Å². The number of aromatic nitrogens is 2. The SMILES string of the molecule is CC(C)(C)SCC(=O)Nc1nnc(SCc2ccccc2)s1. The minimum Gasteiger partial charge on any atom is -0.300 e. The van der Waals surface area contributed by atoms with Crippen molar-refractivity contribution in [1.82, 2.24) is 10.2 Å². The molecule has 1 aromatic heterocycles. The average molecular weight is 354 g/mol. The summed E-state index contributed by atoms with van der Waals surface area (Å²) in [5, 5.41) is 11.5. The molecule has 1 aromatic carbocycles. The number of rotatable bonds is 6. The van der Waals surface area contributed by atoms with Gasteiger partial charge in [0.1, 0.15) is 0 Å². The van der Waals surface area contributed by atoms with Gasteiger partial charge >= 0.3 is 0 Å². The molecule has 0 spiro atoms. The molecule has 0 unspecified atom stereocenters. The first kappa shape index (κ1) is 17.3. The summed E-state index contributed by atoms with van der Waals surface area (Å²) < 4.78 is 0.942. The molecule has 1 amide bonds. The Balaban J connectivity index is 1.80. The molecule has 0 aliphatic rings. The van der Waals surface area contributed by atoms with E-state index in [2.05, 4.69) is 48.4 Å². The lowest BCUT2D eigenvalue weighted by molar-refractivity contribution is -0.113. The van der Waals surface area contributed by atoms with E-state index in [9.17, 15) is 4.79 Å². The molecule has 0 aliphatic carbocycles. The summed E-state index contributed by atoms with van der Waals surface area (Å²) in [6.45, 7) is 6.27. The predicted octanol–water partition coefficient (Wildman–Crippen LogP) is 4.30. The van der Waals surface area contributed by atoms with Gasteiger partial charge in [0.15, 0.2) is 4.34 Å². The highest BCUT2D eigenvalue weighted by atomic mass is 32.2. The standard InChI is InChI=1S/C15H19N3OS3/c1-15(2,3)21-10-12(19)16-13-17-18-14(22-13)20-9-11-7-5-4-6-8-11/h4-8H,9-10H2,1-3H3,(H,16,17,19). The fourth-order valence-electron chi connectivity index (χ4n) is 1.48. The molecule has 0 atom stereocenters. The molecule has 2 aromatic rings. The van der Waals surface area contributed by atoms with Gasteiger partial charge in [0.05, 0.1) is 5.75 Å². The zero-order valence-electron chi connectivity index (χ0n) is 12.8. The number of nitrogens with zero attached hydrogens (tertiary/aromatic N) is 2. The second-order valence-electron chi connectivity index (χ2n) is 5.60. The Morgan fingerprint density at radius 2 is 1.95 bits per heavy atom. The molecule has 0 fully saturated rings. The van der Waals surface area contributed by atoms with Gasteiger partial charge in [0.2, 0.25) is 11.0 Å². The van der Waals surface area contributed by atoms with E-state index in [1.807, 2.05) is 18.2 Å². The summed E-state index contributed by atoms with van der Waals surface area (Å²) in [5.74, 6) is 1.24. The van der Waals surface area contributed by atoms with Crippen LogP contribution in [0.15, 0.2) is 34.7 Å². The van der Waals surface area contributed by atoms with Gasteiger partial charge in [-0.2, -0.15) is 0 Å². The van der Waals surface area contributed by atoms with Crippen molar-refractivity contribution in [3.8, 4) is 0 Å². The van der Waals surface area contributed by atoms with Crippen LogP contribution >= 0.6 is 34.9 Å². The van der Waals surface area contributed by atoms with Gasteiger partial charge in [0, 0.05) is 10.5 Å².